The van der Waals surface area contributed by atoms with E-state index in [0.29, 0.717) is 13.1 Å². The number of carbonyl (C=O) groups excluding carboxylic acids is 1. The molecular formula is C13H28N2O4S. The molecule has 1 unspecified atom stereocenters. The molecule has 0 spiro atoms. The highest BCUT2D eigenvalue weighted by Gasteiger charge is 2.30. The maximum atomic E-state index is 11.6. The molecule has 0 aliphatic heterocycles. The summed E-state index contributed by atoms with van der Waals surface area (Å²) in [6, 6.07) is -0.0523. The van der Waals surface area contributed by atoms with E-state index in [0.717, 1.165) is 0 Å². The van der Waals surface area contributed by atoms with Crippen molar-refractivity contribution < 1.29 is 17.9 Å². The number of hydrogen-bond acceptors (Lipinski definition) is 5. The third kappa shape index (κ3) is 7.69. The minimum atomic E-state index is -3.13. The maximum Gasteiger partial charge on any atom is 0.407 e. The fourth-order valence-electron chi connectivity index (χ4n) is 1.17. The Bertz CT molecular complexity index is 424. The van der Waals surface area contributed by atoms with Crippen LogP contribution in [0.4, 0.5) is 4.79 Å². The van der Waals surface area contributed by atoms with E-state index >= 15 is 0 Å². The van der Waals surface area contributed by atoms with Crippen LogP contribution in [-0.2, 0) is 14.6 Å². The van der Waals surface area contributed by atoms with Crippen molar-refractivity contribution in [3.63, 3.8) is 0 Å². The zero-order valence-corrected chi connectivity index (χ0v) is 14.3. The van der Waals surface area contributed by atoms with Crippen molar-refractivity contribution in [3.05, 3.63) is 0 Å². The molecule has 0 fully saturated rings. The fraction of sp³-hybridized carbons (Fsp3) is 0.923. The standard InChI is InChI=1S/C13H28N2O4S/c1-10(8-14-11(16)19-12(2,3)4)15-9-13(5,6)20(7,17)18/h10,15H,8-9H2,1-7H3,(H,14,16). The summed E-state index contributed by atoms with van der Waals surface area (Å²) < 4.78 is 27.4. The summed E-state index contributed by atoms with van der Waals surface area (Å²) in [4.78, 5) is 11.5. The van der Waals surface area contributed by atoms with Crippen LogP contribution in [-0.4, -0.2) is 50.2 Å². The molecular weight excluding hydrogens is 280 g/mol. The molecule has 20 heavy (non-hydrogen) atoms. The van der Waals surface area contributed by atoms with Gasteiger partial charge in [-0.2, -0.15) is 0 Å². The number of alkyl carbamates (subject to hydrolysis) is 1. The first-order valence-corrected chi connectivity index (χ1v) is 8.53. The molecule has 0 aliphatic rings. The molecule has 0 heterocycles. The molecule has 0 radical (unpaired) electrons. The maximum absolute atomic E-state index is 11.6. The lowest BCUT2D eigenvalue weighted by Crippen LogP contribution is -2.48. The second-order valence-corrected chi connectivity index (χ2v) is 9.35. The van der Waals surface area contributed by atoms with Gasteiger partial charge in [0.2, 0.25) is 0 Å². The summed E-state index contributed by atoms with van der Waals surface area (Å²) >= 11 is 0. The lowest BCUT2D eigenvalue weighted by atomic mass is 10.2. The van der Waals surface area contributed by atoms with Crippen LogP contribution < -0.4 is 10.6 Å². The summed E-state index contributed by atoms with van der Waals surface area (Å²) in [6.45, 7) is 11.3. The topological polar surface area (TPSA) is 84.5 Å². The zero-order valence-electron chi connectivity index (χ0n) is 13.5. The van der Waals surface area contributed by atoms with Crippen molar-refractivity contribution >= 4 is 15.9 Å². The van der Waals surface area contributed by atoms with Gasteiger partial charge in [-0.3, -0.25) is 0 Å². The zero-order chi connectivity index (χ0) is 16.2. The predicted molar refractivity (Wildman–Crippen MR) is 80.6 cm³/mol. The minimum Gasteiger partial charge on any atom is -0.444 e. The van der Waals surface area contributed by atoms with Gasteiger partial charge in [0, 0.05) is 25.4 Å². The number of amides is 1. The normalized spacial score (nSPS) is 14.8. The monoisotopic (exact) mass is 308 g/mol. The predicted octanol–water partition coefficient (Wildman–Crippen LogP) is 1.31. The molecule has 120 valence electrons. The summed E-state index contributed by atoms with van der Waals surface area (Å²) in [6.07, 6.45) is 0.742. The highest BCUT2D eigenvalue weighted by molar-refractivity contribution is 7.92. The van der Waals surface area contributed by atoms with Crippen LogP contribution in [0.15, 0.2) is 0 Å². The minimum absolute atomic E-state index is 0.0523. The first-order valence-electron chi connectivity index (χ1n) is 6.64. The van der Waals surface area contributed by atoms with E-state index < -0.39 is 26.3 Å². The van der Waals surface area contributed by atoms with E-state index in [9.17, 15) is 13.2 Å². The van der Waals surface area contributed by atoms with Crippen LogP contribution >= 0.6 is 0 Å². The Balaban J connectivity index is 4.14. The van der Waals surface area contributed by atoms with Crippen molar-refractivity contribution in [2.24, 2.45) is 0 Å². The van der Waals surface area contributed by atoms with E-state index in [1.807, 2.05) is 6.92 Å². The molecule has 1 amide bonds. The molecule has 6 nitrogen and oxygen atoms in total. The molecule has 7 heteroatoms. The molecule has 2 N–H and O–H groups in total. The smallest absolute Gasteiger partial charge is 0.407 e. The van der Waals surface area contributed by atoms with Crippen molar-refractivity contribution in [1.29, 1.82) is 0 Å². The SMILES string of the molecule is CC(CNC(=O)OC(C)(C)C)NCC(C)(C)S(C)(=O)=O. The Morgan fingerprint density at radius 1 is 1.20 bits per heavy atom. The van der Waals surface area contributed by atoms with E-state index in [2.05, 4.69) is 10.6 Å². The number of rotatable bonds is 6. The average Bonchev–Trinajstić information content (AvgIpc) is 2.19. The molecule has 0 aliphatic carbocycles. The summed E-state index contributed by atoms with van der Waals surface area (Å²) in [5, 5.41) is 5.74. The Labute approximate surface area is 122 Å². The van der Waals surface area contributed by atoms with Crippen molar-refractivity contribution in [3.8, 4) is 0 Å². The van der Waals surface area contributed by atoms with Crippen molar-refractivity contribution in [1.82, 2.24) is 10.6 Å². The molecule has 0 aromatic rings. The summed E-state index contributed by atoms with van der Waals surface area (Å²) in [7, 11) is -3.13. The molecule has 0 rings (SSSR count). The van der Waals surface area contributed by atoms with E-state index in [4.69, 9.17) is 4.74 Å². The van der Waals surface area contributed by atoms with E-state index in [-0.39, 0.29) is 6.04 Å². The number of carbonyl (C=O) groups is 1. The summed E-state index contributed by atoms with van der Waals surface area (Å²) in [5.41, 5.74) is -0.529. The van der Waals surface area contributed by atoms with Gasteiger partial charge in [0.05, 0.1) is 4.75 Å². The Hall–Kier alpha value is -0.820. The molecule has 1 atom stereocenters. The first kappa shape index (κ1) is 19.2. The highest BCUT2D eigenvalue weighted by Crippen LogP contribution is 2.13. The van der Waals surface area contributed by atoms with Gasteiger partial charge >= 0.3 is 6.09 Å². The van der Waals surface area contributed by atoms with Gasteiger partial charge in [-0.1, -0.05) is 0 Å². The van der Waals surface area contributed by atoms with Crippen molar-refractivity contribution in [2.75, 3.05) is 19.3 Å². The van der Waals surface area contributed by atoms with Crippen LogP contribution in [0.25, 0.3) is 0 Å². The largest absolute Gasteiger partial charge is 0.444 e. The molecule has 0 aromatic carbocycles. The molecule has 0 bridgehead atoms. The van der Waals surface area contributed by atoms with Gasteiger partial charge < -0.3 is 15.4 Å². The van der Waals surface area contributed by atoms with Crippen LogP contribution in [0.3, 0.4) is 0 Å². The number of hydrogen-bond donors (Lipinski definition) is 2. The highest BCUT2D eigenvalue weighted by atomic mass is 32.2. The van der Waals surface area contributed by atoms with E-state index in [1.165, 1.54) is 6.26 Å². The van der Waals surface area contributed by atoms with Gasteiger partial charge in [0.15, 0.2) is 9.84 Å². The first-order chi connectivity index (χ1) is 8.74. The lowest BCUT2D eigenvalue weighted by molar-refractivity contribution is 0.0523. The fourth-order valence-corrected chi connectivity index (χ4v) is 1.52. The molecule has 0 aromatic heterocycles. The Morgan fingerprint density at radius 2 is 1.70 bits per heavy atom. The van der Waals surface area contributed by atoms with Gasteiger partial charge in [-0.05, 0) is 41.5 Å². The molecule has 0 saturated carbocycles. The van der Waals surface area contributed by atoms with Crippen LogP contribution in [0.1, 0.15) is 41.5 Å². The Morgan fingerprint density at radius 3 is 2.10 bits per heavy atom. The van der Waals surface area contributed by atoms with Crippen LogP contribution in [0.2, 0.25) is 0 Å². The third-order valence-corrected chi connectivity index (χ3v) is 4.98. The second kappa shape index (κ2) is 6.76. The number of ether oxygens (including phenoxy) is 1. The molecule has 0 saturated heterocycles. The second-order valence-electron chi connectivity index (χ2n) is 6.70. The van der Waals surface area contributed by atoms with E-state index in [1.54, 1.807) is 34.6 Å². The van der Waals surface area contributed by atoms with Gasteiger partial charge in [-0.25, -0.2) is 13.2 Å². The van der Waals surface area contributed by atoms with Crippen LogP contribution in [0.5, 0.6) is 0 Å². The van der Waals surface area contributed by atoms with Crippen molar-refractivity contribution in [2.45, 2.75) is 57.9 Å². The third-order valence-electron chi connectivity index (χ3n) is 2.83. The average molecular weight is 308 g/mol. The van der Waals surface area contributed by atoms with Gasteiger partial charge in [-0.15, -0.1) is 0 Å². The quantitative estimate of drug-likeness (QED) is 0.773. The summed E-state index contributed by atoms with van der Waals surface area (Å²) in [5.74, 6) is 0. The van der Waals surface area contributed by atoms with Gasteiger partial charge in [0.25, 0.3) is 0 Å². The van der Waals surface area contributed by atoms with Gasteiger partial charge in [0.1, 0.15) is 5.60 Å². The Kier molecular flexibility index (Phi) is 6.48. The number of sulfone groups is 1. The van der Waals surface area contributed by atoms with Crippen LogP contribution in [0, 0.1) is 0 Å². The lowest BCUT2D eigenvalue weighted by Gasteiger charge is -2.26. The number of nitrogens with one attached hydrogen (secondary N) is 2.